The van der Waals surface area contributed by atoms with E-state index >= 15 is 0 Å². The van der Waals surface area contributed by atoms with E-state index in [9.17, 15) is 9.59 Å². The van der Waals surface area contributed by atoms with E-state index in [0.29, 0.717) is 29.3 Å². The van der Waals surface area contributed by atoms with E-state index in [1.807, 2.05) is 12.1 Å². The molecular formula is C19H25NO3S. The Morgan fingerprint density at radius 2 is 1.71 bits per heavy atom. The first kappa shape index (κ1) is 17.3. The van der Waals surface area contributed by atoms with Crippen LogP contribution < -0.4 is 0 Å². The van der Waals surface area contributed by atoms with Crippen molar-refractivity contribution in [1.29, 1.82) is 0 Å². The van der Waals surface area contributed by atoms with E-state index in [1.165, 1.54) is 45.6 Å². The van der Waals surface area contributed by atoms with Crippen molar-refractivity contribution in [3.05, 3.63) is 35.4 Å². The lowest BCUT2D eigenvalue weighted by molar-refractivity contribution is -0.131. The molecule has 130 valence electrons. The van der Waals surface area contributed by atoms with Crippen LogP contribution in [0.3, 0.4) is 0 Å². The van der Waals surface area contributed by atoms with E-state index in [2.05, 4.69) is 4.90 Å². The van der Waals surface area contributed by atoms with Gasteiger partial charge in [-0.1, -0.05) is 25.0 Å². The Morgan fingerprint density at radius 3 is 2.29 bits per heavy atom. The maximum atomic E-state index is 12.6. The second-order valence-electron chi connectivity index (χ2n) is 6.65. The second-order valence-corrected chi connectivity index (χ2v) is 7.64. The zero-order valence-electron chi connectivity index (χ0n) is 14.2. The summed E-state index contributed by atoms with van der Waals surface area (Å²) in [7, 11) is 1.38. The quantitative estimate of drug-likeness (QED) is 0.707. The fourth-order valence-electron chi connectivity index (χ4n) is 3.43. The third-order valence-corrected chi connectivity index (χ3v) is 5.80. The van der Waals surface area contributed by atoms with Crippen LogP contribution in [0.5, 0.6) is 0 Å². The maximum Gasteiger partial charge on any atom is 0.337 e. The summed E-state index contributed by atoms with van der Waals surface area (Å²) in [4.78, 5) is 26.2. The molecule has 2 aliphatic rings. The van der Waals surface area contributed by atoms with Crippen molar-refractivity contribution in [2.75, 3.05) is 12.9 Å². The minimum absolute atomic E-state index is 0.306. The first-order valence-corrected chi connectivity index (χ1v) is 9.90. The van der Waals surface area contributed by atoms with Crippen LogP contribution in [-0.4, -0.2) is 41.7 Å². The van der Waals surface area contributed by atoms with Gasteiger partial charge in [0.15, 0.2) is 0 Å². The lowest BCUT2D eigenvalue weighted by Gasteiger charge is -2.29. The number of carbonyl (C=O) groups excluding carboxylic acids is 2. The molecule has 5 heteroatoms. The van der Waals surface area contributed by atoms with Gasteiger partial charge in [-0.15, -0.1) is 11.8 Å². The van der Waals surface area contributed by atoms with Crippen molar-refractivity contribution in [2.24, 2.45) is 0 Å². The molecule has 1 aromatic rings. The van der Waals surface area contributed by atoms with Crippen molar-refractivity contribution in [2.45, 2.75) is 56.4 Å². The number of hydrogen-bond acceptors (Lipinski definition) is 4. The normalized spacial score (nSPS) is 17.7. The minimum Gasteiger partial charge on any atom is -0.465 e. The monoisotopic (exact) mass is 347 g/mol. The molecule has 2 fully saturated rings. The van der Waals surface area contributed by atoms with Crippen molar-refractivity contribution < 1.29 is 14.3 Å². The Morgan fingerprint density at radius 1 is 1.08 bits per heavy atom. The number of hydrogen-bond donors (Lipinski definition) is 0. The van der Waals surface area contributed by atoms with E-state index in [4.69, 9.17) is 4.74 Å². The fourth-order valence-corrected chi connectivity index (χ4v) is 4.28. The third-order valence-electron chi connectivity index (χ3n) is 4.82. The van der Waals surface area contributed by atoms with Gasteiger partial charge in [0, 0.05) is 17.8 Å². The number of methoxy groups -OCH3 is 1. The first-order chi connectivity index (χ1) is 11.7. The number of esters is 1. The van der Waals surface area contributed by atoms with Crippen LogP contribution in [0.4, 0.5) is 0 Å². The fraction of sp³-hybridized carbons (Fsp3) is 0.579. The predicted molar refractivity (Wildman–Crippen MR) is 96.1 cm³/mol. The average Bonchev–Trinajstić information content (AvgIpc) is 3.28. The van der Waals surface area contributed by atoms with Crippen LogP contribution >= 0.6 is 11.8 Å². The van der Waals surface area contributed by atoms with Crippen LogP contribution in [0.1, 0.15) is 54.4 Å². The summed E-state index contributed by atoms with van der Waals surface area (Å²) >= 11 is 1.66. The molecule has 4 nitrogen and oxygen atoms in total. The lowest BCUT2D eigenvalue weighted by Crippen LogP contribution is -2.41. The summed E-state index contributed by atoms with van der Waals surface area (Å²) in [6, 6.07) is 8.42. The van der Waals surface area contributed by atoms with E-state index < -0.39 is 0 Å². The molecule has 1 aromatic carbocycles. The molecule has 0 bridgehead atoms. The van der Waals surface area contributed by atoms with Gasteiger partial charge in [0.1, 0.15) is 0 Å². The largest absolute Gasteiger partial charge is 0.465 e. The third kappa shape index (κ3) is 4.32. The molecular weight excluding hydrogens is 322 g/mol. The van der Waals surface area contributed by atoms with Gasteiger partial charge in [0.05, 0.1) is 18.4 Å². The molecule has 2 aliphatic carbocycles. The highest BCUT2D eigenvalue weighted by Crippen LogP contribution is 2.35. The maximum absolute atomic E-state index is 12.6. The van der Waals surface area contributed by atoms with Gasteiger partial charge in [0.2, 0.25) is 5.91 Å². The van der Waals surface area contributed by atoms with Gasteiger partial charge < -0.3 is 9.64 Å². The van der Waals surface area contributed by atoms with Crippen LogP contribution in [0.2, 0.25) is 0 Å². The Balaban J connectivity index is 1.48. The van der Waals surface area contributed by atoms with Gasteiger partial charge in [-0.3, -0.25) is 4.79 Å². The zero-order chi connectivity index (χ0) is 16.9. The highest BCUT2D eigenvalue weighted by molar-refractivity contribution is 7.99. The van der Waals surface area contributed by atoms with Gasteiger partial charge in [-0.25, -0.2) is 4.79 Å². The Bertz CT molecular complexity index is 577. The molecule has 0 saturated heterocycles. The number of benzene rings is 1. The number of thioether (sulfide) groups is 1. The average molecular weight is 347 g/mol. The Kier molecular flexibility index (Phi) is 5.82. The molecule has 0 unspecified atom stereocenters. The summed E-state index contributed by atoms with van der Waals surface area (Å²) in [6.45, 7) is 0. The number of ether oxygens (including phenoxy) is 1. The SMILES string of the molecule is COC(=O)c1ccc(CSCC(=O)N(C2CCCC2)C2CC2)cc1. The van der Waals surface area contributed by atoms with E-state index in [-0.39, 0.29) is 5.97 Å². The molecule has 0 spiro atoms. The minimum atomic E-state index is -0.319. The summed E-state index contributed by atoms with van der Waals surface area (Å²) < 4.78 is 4.70. The molecule has 2 saturated carbocycles. The van der Waals surface area contributed by atoms with Gasteiger partial charge in [-0.2, -0.15) is 0 Å². The van der Waals surface area contributed by atoms with Crippen molar-refractivity contribution in [3.8, 4) is 0 Å². The first-order valence-electron chi connectivity index (χ1n) is 8.75. The van der Waals surface area contributed by atoms with Crippen molar-refractivity contribution in [1.82, 2.24) is 4.90 Å². The van der Waals surface area contributed by atoms with Crippen molar-refractivity contribution >= 4 is 23.6 Å². The van der Waals surface area contributed by atoms with Crippen molar-refractivity contribution in [3.63, 3.8) is 0 Å². The van der Waals surface area contributed by atoms with Crippen LogP contribution in [-0.2, 0) is 15.3 Å². The highest BCUT2D eigenvalue weighted by atomic mass is 32.2. The Hall–Kier alpha value is -1.49. The molecule has 0 aromatic heterocycles. The number of nitrogens with zero attached hydrogens (tertiary/aromatic N) is 1. The molecule has 3 rings (SSSR count). The van der Waals surface area contributed by atoms with E-state index in [1.54, 1.807) is 23.9 Å². The molecule has 0 heterocycles. The van der Waals surface area contributed by atoms with Gasteiger partial charge in [-0.05, 0) is 43.4 Å². The zero-order valence-corrected chi connectivity index (χ0v) is 15.0. The molecule has 0 atom stereocenters. The van der Waals surface area contributed by atoms with Crippen LogP contribution in [0, 0.1) is 0 Å². The van der Waals surface area contributed by atoms with Gasteiger partial charge in [0.25, 0.3) is 0 Å². The topological polar surface area (TPSA) is 46.6 Å². The number of amides is 1. The number of carbonyl (C=O) groups is 2. The Labute approximate surface area is 147 Å². The predicted octanol–water partition coefficient (Wildman–Crippen LogP) is 3.64. The lowest BCUT2D eigenvalue weighted by atomic mass is 10.1. The smallest absolute Gasteiger partial charge is 0.337 e. The molecule has 24 heavy (non-hydrogen) atoms. The molecule has 1 amide bonds. The summed E-state index contributed by atoms with van der Waals surface area (Å²) in [6.07, 6.45) is 7.26. The molecule has 0 aliphatic heterocycles. The summed E-state index contributed by atoms with van der Waals surface area (Å²) in [5, 5.41) is 0. The molecule has 0 N–H and O–H groups in total. The standard InChI is InChI=1S/C19H25NO3S/c1-23-19(22)15-8-6-14(7-9-15)12-24-13-18(21)20(17-10-11-17)16-4-2-3-5-16/h6-9,16-17H,2-5,10-13H2,1H3. The van der Waals surface area contributed by atoms with E-state index in [0.717, 1.165) is 11.3 Å². The highest BCUT2D eigenvalue weighted by Gasteiger charge is 2.37. The van der Waals surface area contributed by atoms with Crippen LogP contribution in [0.15, 0.2) is 24.3 Å². The van der Waals surface area contributed by atoms with Crippen LogP contribution in [0.25, 0.3) is 0 Å². The second kappa shape index (κ2) is 8.06. The summed E-state index contributed by atoms with van der Waals surface area (Å²) in [5.74, 6) is 1.32. The number of rotatable bonds is 7. The molecule has 0 radical (unpaired) electrons. The van der Waals surface area contributed by atoms with Gasteiger partial charge >= 0.3 is 5.97 Å². The summed E-state index contributed by atoms with van der Waals surface area (Å²) in [5.41, 5.74) is 1.68.